The molecule has 0 aromatic heterocycles. The van der Waals surface area contributed by atoms with Crippen LogP contribution in [0, 0.1) is 0 Å². The number of aliphatic hydroxyl groups excluding tert-OH is 2. The Labute approximate surface area is 48.4 Å². The summed E-state index contributed by atoms with van der Waals surface area (Å²) in [5.74, 6) is 0. The number of aliphatic hydroxyl groups is 2. The lowest BCUT2D eigenvalue weighted by atomic mass is 10.3. The zero-order valence-corrected chi connectivity index (χ0v) is 4.62. The van der Waals surface area contributed by atoms with Gasteiger partial charge in [0.05, 0.1) is 6.10 Å². The third kappa shape index (κ3) is 3.64. The van der Waals surface area contributed by atoms with Crippen molar-refractivity contribution < 1.29 is 10.2 Å². The highest BCUT2D eigenvalue weighted by molar-refractivity contribution is 4.83. The third-order valence-electron chi connectivity index (χ3n) is 0.758. The molecule has 0 amide bonds. The van der Waals surface area contributed by atoms with Gasteiger partial charge < -0.3 is 15.9 Å². The lowest BCUT2D eigenvalue weighted by Crippen LogP contribution is -2.04. The van der Waals surface area contributed by atoms with Gasteiger partial charge >= 0.3 is 0 Å². The quantitative estimate of drug-likeness (QED) is 0.453. The average Bonchev–Trinajstić information content (AvgIpc) is 1.68. The summed E-state index contributed by atoms with van der Waals surface area (Å²) in [6.45, 7) is -0.00843. The van der Waals surface area contributed by atoms with E-state index in [0.29, 0.717) is 6.42 Å². The van der Waals surface area contributed by atoms with Crippen molar-refractivity contribution in [2.45, 2.75) is 12.5 Å². The van der Waals surface area contributed by atoms with E-state index < -0.39 is 6.10 Å². The topological polar surface area (TPSA) is 66.5 Å². The molecule has 48 valence electrons. The first-order valence-corrected chi connectivity index (χ1v) is 2.48. The molecule has 3 heteroatoms. The predicted octanol–water partition coefficient (Wildman–Crippen LogP) is -0.798. The second-order valence-corrected chi connectivity index (χ2v) is 1.46. The molecule has 0 spiro atoms. The molecule has 4 N–H and O–H groups in total. The zero-order chi connectivity index (χ0) is 6.41. The molecular formula is C5H11NO2. The van der Waals surface area contributed by atoms with E-state index in [9.17, 15) is 0 Å². The molecule has 0 bridgehead atoms. The van der Waals surface area contributed by atoms with Gasteiger partial charge in [0.2, 0.25) is 0 Å². The number of nitrogens with two attached hydrogens (primary N) is 1. The van der Waals surface area contributed by atoms with Crippen molar-refractivity contribution in [1.29, 1.82) is 0 Å². The largest absolute Gasteiger partial charge is 0.405 e. The molecule has 3 nitrogen and oxygen atoms in total. The second kappa shape index (κ2) is 4.61. The van der Waals surface area contributed by atoms with Crippen molar-refractivity contribution >= 4 is 0 Å². The maximum absolute atomic E-state index is 8.72. The summed E-state index contributed by atoms with van der Waals surface area (Å²) in [6.07, 6.45) is 2.45. The Morgan fingerprint density at radius 1 is 1.62 bits per heavy atom. The van der Waals surface area contributed by atoms with E-state index >= 15 is 0 Å². The predicted molar refractivity (Wildman–Crippen MR) is 31.0 cm³/mol. The first kappa shape index (κ1) is 7.46. The Hall–Kier alpha value is -0.540. The van der Waals surface area contributed by atoms with Crippen molar-refractivity contribution in [3.63, 3.8) is 0 Å². The van der Waals surface area contributed by atoms with Crippen molar-refractivity contribution in [2.24, 2.45) is 5.73 Å². The minimum Gasteiger partial charge on any atom is -0.405 e. The molecule has 0 aromatic carbocycles. The molecule has 1 atom stereocenters. The number of hydrogen-bond donors (Lipinski definition) is 3. The van der Waals surface area contributed by atoms with Crippen LogP contribution in [0.15, 0.2) is 12.3 Å². The van der Waals surface area contributed by atoms with Crippen LogP contribution >= 0.6 is 0 Å². The fourth-order valence-electron chi connectivity index (χ4n) is 0.357. The molecular weight excluding hydrogens is 106 g/mol. The molecule has 0 saturated heterocycles. The van der Waals surface area contributed by atoms with E-state index in [1.54, 1.807) is 0 Å². The smallest absolute Gasteiger partial charge is 0.0759 e. The van der Waals surface area contributed by atoms with Gasteiger partial charge in [-0.3, -0.25) is 0 Å². The molecule has 0 saturated carbocycles. The van der Waals surface area contributed by atoms with Gasteiger partial charge in [0, 0.05) is 13.0 Å². The Kier molecular flexibility index (Phi) is 4.30. The first-order chi connectivity index (χ1) is 3.81. The van der Waals surface area contributed by atoms with Gasteiger partial charge in [0.1, 0.15) is 0 Å². The minimum absolute atomic E-state index is 0.00843. The summed E-state index contributed by atoms with van der Waals surface area (Å²) in [5, 5.41) is 17.0. The SMILES string of the molecule is NC=CC(O)CCO. The third-order valence-corrected chi connectivity index (χ3v) is 0.758. The van der Waals surface area contributed by atoms with Crippen molar-refractivity contribution in [1.82, 2.24) is 0 Å². The Balaban J connectivity index is 3.17. The van der Waals surface area contributed by atoms with E-state index in [-0.39, 0.29) is 6.61 Å². The van der Waals surface area contributed by atoms with Crippen molar-refractivity contribution in [3.8, 4) is 0 Å². The summed E-state index contributed by atoms with van der Waals surface area (Å²) in [5.41, 5.74) is 4.94. The van der Waals surface area contributed by atoms with Crippen LogP contribution in [0.2, 0.25) is 0 Å². The van der Waals surface area contributed by atoms with Gasteiger partial charge in [-0.05, 0) is 12.3 Å². The molecule has 0 heterocycles. The zero-order valence-electron chi connectivity index (χ0n) is 4.62. The van der Waals surface area contributed by atoms with Crippen LogP contribution in [0.5, 0.6) is 0 Å². The Morgan fingerprint density at radius 3 is 2.62 bits per heavy atom. The van der Waals surface area contributed by atoms with Crippen LogP contribution in [0.3, 0.4) is 0 Å². The number of hydrogen-bond acceptors (Lipinski definition) is 3. The normalized spacial score (nSPS) is 14.8. The van der Waals surface area contributed by atoms with Crippen molar-refractivity contribution in [3.05, 3.63) is 12.3 Å². The first-order valence-electron chi connectivity index (χ1n) is 2.48. The fraction of sp³-hybridized carbons (Fsp3) is 0.600. The summed E-state index contributed by atoms with van der Waals surface area (Å²) in [4.78, 5) is 0. The Morgan fingerprint density at radius 2 is 2.25 bits per heavy atom. The highest BCUT2D eigenvalue weighted by Gasteiger charge is 1.93. The summed E-state index contributed by atoms with van der Waals surface area (Å²) < 4.78 is 0. The molecule has 1 unspecified atom stereocenters. The second-order valence-electron chi connectivity index (χ2n) is 1.46. The van der Waals surface area contributed by atoms with Gasteiger partial charge in [-0.2, -0.15) is 0 Å². The number of rotatable bonds is 3. The standard InChI is InChI=1S/C5H11NO2/c6-3-1-5(8)2-4-7/h1,3,5,7-8H,2,4,6H2. The van der Waals surface area contributed by atoms with Crippen LogP contribution in [-0.4, -0.2) is 22.9 Å². The van der Waals surface area contributed by atoms with E-state index in [1.165, 1.54) is 12.3 Å². The van der Waals surface area contributed by atoms with Crippen LogP contribution in [0.4, 0.5) is 0 Å². The van der Waals surface area contributed by atoms with Crippen LogP contribution in [0.25, 0.3) is 0 Å². The van der Waals surface area contributed by atoms with E-state index in [4.69, 9.17) is 15.9 Å². The van der Waals surface area contributed by atoms with E-state index in [2.05, 4.69) is 0 Å². The molecule has 0 fully saturated rings. The molecule has 0 rings (SSSR count). The van der Waals surface area contributed by atoms with Gasteiger partial charge in [-0.15, -0.1) is 0 Å². The van der Waals surface area contributed by atoms with Crippen LogP contribution in [0.1, 0.15) is 6.42 Å². The molecule has 8 heavy (non-hydrogen) atoms. The summed E-state index contributed by atoms with van der Waals surface area (Å²) >= 11 is 0. The van der Waals surface area contributed by atoms with Crippen molar-refractivity contribution in [2.75, 3.05) is 6.61 Å². The maximum atomic E-state index is 8.72. The molecule has 0 aromatic rings. The van der Waals surface area contributed by atoms with Gasteiger partial charge in [0.15, 0.2) is 0 Å². The molecule has 0 aliphatic carbocycles. The van der Waals surface area contributed by atoms with E-state index in [0.717, 1.165) is 0 Å². The van der Waals surface area contributed by atoms with Gasteiger partial charge in [-0.25, -0.2) is 0 Å². The Bertz CT molecular complexity index is 72.8. The fourth-order valence-corrected chi connectivity index (χ4v) is 0.357. The van der Waals surface area contributed by atoms with Crippen LogP contribution < -0.4 is 5.73 Å². The summed E-state index contributed by atoms with van der Waals surface area (Å²) in [6, 6.07) is 0. The molecule has 0 aliphatic rings. The highest BCUT2D eigenvalue weighted by Crippen LogP contribution is 1.88. The monoisotopic (exact) mass is 117 g/mol. The minimum atomic E-state index is -0.593. The lowest BCUT2D eigenvalue weighted by Gasteiger charge is -1.98. The maximum Gasteiger partial charge on any atom is 0.0759 e. The highest BCUT2D eigenvalue weighted by atomic mass is 16.3. The van der Waals surface area contributed by atoms with Gasteiger partial charge in [0.25, 0.3) is 0 Å². The molecule has 0 aliphatic heterocycles. The van der Waals surface area contributed by atoms with Gasteiger partial charge in [-0.1, -0.05) is 0 Å². The average molecular weight is 117 g/mol. The molecule has 0 radical (unpaired) electrons. The van der Waals surface area contributed by atoms with E-state index in [1.807, 2.05) is 0 Å². The lowest BCUT2D eigenvalue weighted by molar-refractivity contribution is 0.170. The summed E-state index contributed by atoms with van der Waals surface area (Å²) in [7, 11) is 0. The van der Waals surface area contributed by atoms with Crippen LogP contribution in [-0.2, 0) is 0 Å².